The van der Waals surface area contributed by atoms with E-state index in [2.05, 4.69) is 0 Å². The van der Waals surface area contributed by atoms with Crippen molar-refractivity contribution in [2.75, 3.05) is 6.61 Å². The topological polar surface area (TPSA) is 63.6 Å². The average Bonchev–Trinajstić information content (AvgIpc) is 2.20. The van der Waals surface area contributed by atoms with Gasteiger partial charge in [-0.2, -0.15) is 0 Å². The summed E-state index contributed by atoms with van der Waals surface area (Å²) in [5.74, 6) is -0.376. The zero-order valence-corrected chi connectivity index (χ0v) is 7.90. The highest BCUT2D eigenvalue weighted by Gasteiger charge is 1.97. The number of hydrogen-bond donors (Lipinski definition) is 1. The van der Waals surface area contributed by atoms with Crippen molar-refractivity contribution >= 4 is 12.8 Å². The van der Waals surface area contributed by atoms with Gasteiger partial charge >= 0.3 is 5.97 Å². The van der Waals surface area contributed by atoms with E-state index in [4.69, 9.17) is 14.6 Å². The minimum Gasteiger partial charge on any atom is -0.482 e. The summed E-state index contributed by atoms with van der Waals surface area (Å²) in [6.45, 7) is 3.67. The lowest BCUT2D eigenvalue weighted by molar-refractivity contribution is -0.139. The number of carbonyl (C=O) groups is 2. The predicted octanol–water partition coefficient (Wildman–Crippen LogP) is 1.27. The van der Waals surface area contributed by atoms with E-state index < -0.39 is 5.97 Å². The molecule has 0 saturated heterocycles. The van der Waals surface area contributed by atoms with Crippen LogP contribution in [0.2, 0.25) is 0 Å². The maximum absolute atomic E-state index is 10.1. The third kappa shape index (κ3) is 4.92. The summed E-state index contributed by atoms with van der Waals surface area (Å²) in [5, 5.41) is 8.30. The van der Waals surface area contributed by atoms with Crippen LogP contribution in [-0.2, 0) is 9.59 Å². The second kappa shape index (κ2) is 6.65. The molecule has 0 radical (unpaired) electrons. The number of carboxylic acids is 1. The van der Waals surface area contributed by atoms with Crippen LogP contribution >= 0.6 is 0 Å². The molecular weight excluding hydrogens is 184 g/mol. The SMILES string of the molecule is C=O.Cc1ccc(OCC(=O)O)cc1. The van der Waals surface area contributed by atoms with Crippen LogP contribution in [0.1, 0.15) is 5.56 Å². The first-order valence-electron chi connectivity index (χ1n) is 3.88. The summed E-state index contributed by atoms with van der Waals surface area (Å²) in [5.41, 5.74) is 1.12. The Morgan fingerprint density at radius 1 is 1.36 bits per heavy atom. The summed E-state index contributed by atoms with van der Waals surface area (Å²) >= 11 is 0. The van der Waals surface area contributed by atoms with Gasteiger partial charge in [-0.05, 0) is 19.1 Å². The zero-order valence-electron chi connectivity index (χ0n) is 7.90. The quantitative estimate of drug-likeness (QED) is 0.790. The van der Waals surface area contributed by atoms with Crippen LogP contribution in [-0.4, -0.2) is 24.5 Å². The van der Waals surface area contributed by atoms with Gasteiger partial charge in [0.2, 0.25) is 0 Å². The van der Waals surface area contributed by atoms with E-state index in [-0.39, 0.29) is 6.61 Å². The van der Waals surface area contributed by atoms with Crippen molar-refractivity contribution < 1.29 is 19.4 Å². The number of aryl methyl sites for hydroxylation is 1. The molecule has 0 spiro atoms. The lowest BCUT2D eigenvalue weighted by atomic mass is 10.2. The number of carboxylic acid groups (broad SMARTS) is 1. The Hall–Kier alpha value is -1.84. The predicted molar refractivity (Wildman–Crippen MR) is 51.4 cm³/mol. The molecular formula is C10H12O4. The maximum Gasteiger partial charge on any atom is 0.341 e. The highest BCUT2D eigenvalue weighted by Crippen LogP contribution is 2.10. The van der Waals surface area contributed by atoms with Gasteiger partial charge in [0.1, 0.15) is 12.5 Å². The second-order valence-corrected chi connectivity index (χ2v) is 2.50. The van der Waals surface area contributed by atoms with Gasteiger partial charge in [0, 0.05) is 0 Å². The van der Waals surface area contributed by atoms with Gasteiger partial charge in [0.25, 0.3) is 0 Å². The van der Waals surface area contributed by atoms with E-state index in [1.54, 1.807) is 12.1 Å². The summed E-state index contributed by atoms with van der Waals surface area (Å²) in [4.78, 5) is 18.1. The highest BCUT2D eigenvalue weighted by molar-refractivity contribution is 5.68. The molecule has 1 rings (SSSR count). The molecule has 4 heteroatoms. The van der Waals surface area contributed by atoms with Gasteiger partial charge in [-0.25, -0.2) is 4.79 Å². The van der Waals surface area contributed by atoms with Gasteiger partial charge in [0.05, 0.1) is 0 Å². The molecule has 0 aliphatic rings. The van der Waals surface area contributed by atoms with E-state index in [0.29, 0.717) is 5.75 Å². The monoisotopic (exact) mass is 196 g/mol. The van der Waals surface area contributed by atoms with E-state index in [1.165, 1.54) is 0 Å². The molecule has 0 aromatic heterocycles. The lowest BCUT2D eigenvalue weighted by Gasteiger charge is -2.01. The summed E-state index contributed by atoms with van der Waals surface area (Å²) < 4.78 is 4.92. The molecule has 1 aromatic carbocycles. The maximum atomic E-state index is 10.1. The van der Waals surface area contributed by atoms with Crippen molar-refractivity contribution in [2.24, 2.45) is 0 Å². The summed E-state index contributed by atoms with van der Waals surface area (Å²) in [6, 6.07) is 7.24. The van der Waals surface area contributed by atoms with E-state index >= 15 is 0 Å². The largest absolute Gasteiger partial charge is 0.482 e. The third-order valence-electron chi connectivity index (χ3n) is 1.38. The number of rotatable bonds is 3. The smallest absolute Gasteiger partial charge is 0.341 e. The number of aliphatic carboxylic acids is 1. The molecule has 76 valence electrons. The molecule has 4 nitrogen and oxygen atoms in total. The van der Waals surface area contributed by atoms with E-state index in [1.807, 2.05) is 25.8 Å². The molecule has 0 fully saturated rings. The fourth-order valence-corrected chi connectivity index (χ4v) is 0.780. The van der Waals surface area contributed by atoms with Gasteiger partial charge in [0.15, 0.2) is 6.61 Å². The van der Waals surface area contributed by atoms with Crippen molar-refractivity contribution in [2.45, 2.75) is 6.92 Å². The zero-order chi connectivity index (χ0) is 11.0. The average molecular weight is 196 g/mol. The first-order chi connectivity index (χ1) is 6.68. The van der Waals surface area contributed by atoms with Gasteiger partial charge in [-0.1, -0.05) is 17.7 Å². The Morgan fingerprint density at radius 2 is 1.86 bits per heavy atom. The van der Waals surface area contributed by atoms with Crippen LogP contribution in [0, 0.1) is 6.92 Å². The van der Waals surface area contributed by atoms with Crippen LogP contribution in [0.5, 0.6) is 5.75 Å². The standard InChI is InChI=1S/C9H10O3.CH2O/c1-7-2-4-8(5-3-7)12-6-9(10)11;1-2/h2-5H,6H2,1H3,(H,10,11);1H2. The Bertz CT molecular complexity index is 279. The second-order valence-electron chi connectivity index (χ2n) is 2.50. The third-order valence-corrected chi connectivity index (χ3v) is 1.38. The molecule has 0 heterocycles. The van der Waals surface area contributed by atoms with Crippen LogP contribution in [0.3, 0.4) is 0 Å². The number of ether oxygens (including phenoxy) is 1. The van der Waals surface area contributed by atoms with Crippen molar-refractivity contribution in [3.8, 4) is 5.75 Å². The fourth-order valence-electron chi connectivity index (χ4n) is 0.780. The summed E-state index contributed by atoms with van der Waals surface area (Å²) in [7, 11) is 0. The van der Waals surface area contributed by atoms with Crippen LogP contribution in [0.25, 0.3) is 0 Å². The first-order valence-corrected chi connectivity index (χ1v) is 3.88. The van der Waals surface area contributed by atoms with Crippen LogP contribution < -0.4 is 4.74 Å². The molecule has 0 aliphatic heterocycles. The molecule has 1 N–H and O–H groups in total. The highest BCUT2D eigenvalue weighted by atomic mass is 16.5. The minimum atomic E-state index is -0.962. The van der Waals surface area contributed by atoms with Crippen molar-refractivity contribution in [1.82, 2.24) is 0 Å². The molecule has 0 amide bonds. The fraction of sp³-hybridized carbons (Fsp3) is 0.200. The Kier molecular flexibility index (Phi) is 5.78. The van der Waals surface area contributed by atoms with E-state index in [0.717, 1.165) is 5.56 Å². The summed E-state index contributed by atoms with van der Waals surface area (Å²) in [6.07, 6.45) is 0. The molecule has 0 saturated carbocycles. The Labute approximate surface area is 82.1 Å². The Balaban J connectivity index is 0.000000791. The molecule has 1 aromatic rings. The first kappa shape index (κ1) is 12.2. The van der Waals surface area contributed by atoms with Gasteiger partial charge in [-0.15, -0.1) is 0 Å². The molecule has 0 bridgehead atoms. The van der Waals surface area contributed by atoms with Crippen molar-refractivity contribution in [3.05, 3.63) is 29.8 Å². The molecule has 0 aliphatic carbocycles. The normalized spacial score (nSPS) is 8.36. The minimum absolute atomic E-state index is 0.289. The van der Waals surface area contributed by atoms with Gasteiger partial charge in [-0.3, -0.25) is 0 Å². The van der Waals surface area contributed by atoms with E-state index in [9.17, 15) is 4.79 Å². The van der Waals surface area contributed by atoms with Crippen LogP contribution in [0.15, 0.2) is 24.3 Å². The number of hydrogen-bond acceptors (Lipinski definition) is 3. The lowest BCUT2D eigenvalue weighted by Crippen LogP contribution is -2.09. The van der Waals surface area contributed by atoms with Gasteiger partial charge < -0.3 is 14.6 Å². The van der Waals surface area contributed by atoms with Crippen LogP contribution in [0.4, 0.5) is 0 Å². The Morgan fingerprint density at radius 3 is 2.29 bits per heavy atom. The number of benzene rings is 1. The molecule has 0 unspecified atom stereocenters. The molecule has 0 atom stereocenters. The van der Waals surface area contributed by atoms with Crippen molar-refractivity contribution in [1.29, 1.82) is 0 Å². The number of carbonyl (C=O) groups excluding carboxylic acids is 1. The molecule has 14 heavy (non-hydrogen) atoms. The van der Waals surface area contributed by atoms with Crippen molar-refractivity contribution in [3.63, 3.8) is 0 Å².